The zero-order valence-electron chi connectivity index (χ0n) is 9.38. The van der Waals surface area contributed by atoms with Gasteiger partial charge >= 0.3 is 0 Å². The van der Waals surface area contributed by atoms with Gasteiger partial charge in [0.1, 0.15) is 0 Å². The summed E-state index contributed by atoms with van der Waals surface area (Å²) < 4.78 is 50.4. The molecule has 1 heterocycles. The van der Waals surface area contributed by atoms with Crippen LogP contribution in [-0.2, 0) is 20.0 Å². The van der Waals surface area contributed by atoms with Crippen LogP contribution in [0.3, 0.4) is 0 Å². The van der Waals surface area contributed by atoms with Crippen molar-refractivity contribution in [3.63, 3.8) is 0 Å². The average molecular weight is 334 g/mol. The summed E-state index contributed by atoms with van der Waals surface area (Å²) in [5.41, 5.74) is 0. The number of hydrogen-bond donors (Lipinski definition) is 2. The average Bonchev–Trinajstić information content (AvgIpc) is 2.64. The lowest BCUT2D eigenvalue weighted by molar-refractivity contribution is 0.577. The van der Waals surface area contributed by atoms with E-state index < -0.39 is 20.0 Å². The zero-order chi connectivity index (χ0) is 13.8. The summed E-state index contributed by atoms with van der Waals surface area (Å²) in [7, 11) is -7.19. The molecule has 0 unspecified atom stereocenters. The third-order valence-corrected chi connectivity index (χ3v) is 6.26. The molecule has 0 aliphatic rings. The van der Waals surface area contributed by atoms with Crippen LogP contribution in [0.25, 0.3) is 0 Å². The first-order valence-electron chi connectivity index (χ1n) is 4.85. The van der Waals surface area contributed by atoms with Crippen LogP contribution in [0.4, 0.5) is 0 Å². The van der Waals surface area contributed by atoms with Crippen molar-refractivity contribution in [2.24, 2.45) is 0 Å². The minimum absolute atomic E-state index is 0.0478. The van der Waals surface area contributed by atoms with Crippen molar-refractivity contribution in [3.8, 4) is 0 Å². The molecule has 1 aromatic rings. The Morgan fingerprint density at radius 3 is 2.50 bits per heavy atom. The van der Waals surface area contributed by atoms with Gasteiger partial charge < -0.3 is 0 Å². The molecule has 1 aromatic heterocycles. The molecule has 0 radical (unpaired) electrons. The molecule has 0 atom stereocenters. The zero-order valence-corrected chi connectivity index (χ0v) is 12.6. The van der Waals surface area contributed by atoms with Crippen LogP contribution >= 0.6 is 22.9 Å². The molecule has 104 valence electrons. The van der Waals surface area contributed by atoms with Crippen molar-refractivity contribution in [3.05, 3.63) is 10.7 Å². The molecular formula is C7H12ClN3O4S3. The van der Waals surface area contributed by atoms with Gasteiger partial charge in [0.25, 0.3) is 10.0 Å². The van der Waals surface area contributed by atoms with Crippen LogP contribution in [0.15, 0.2) is 10.4 Å². The van der Waals surface area contributed by atoms with Gasteiger partial charge in [0.15, 0.2) is 8.68 Å². The van der Waals surface area contributed by atoms with Gasteiger partial charge in [-0.3, -0.25) is 0 Å². The smallest absolute Gasteiger partial charge is 0.232 e. The highest BCUT2D eigenvalue weighted by Gasteiger charge is 2.18. The molecule has 11 heteroatoms. The predicted molar refractivity (Wildman–Crippen MR) is 69.8 cm³/mol. The first-order chi connectivity index (χ1) is 8.27. The van der Waals surface area contributed by atoms with E-state index in [0.29, 0.717) is 0 Å². The summed E-state index contributed by atoms with van der Waals surface area (Å²) in [5.74, 6) is -0.327. The minimum Gasteiger partial charge on any atom is -0.232 e. The van der Waals surface area contributed by atoms with Crippen molar-refractivity contribution in [1.82, 2.24) is 14.4 Å². The molecule has 0 spiro atoms. The van der Waals surface area contributed by atoms with Gasteiger partial charge in [-0.2, -0.15) is 0 Å². The van der Waals surface area contributed by atoms with Gasteiger partial charge in [-0.1, -0.05) is 29.9 Å². The molecule has 0 saturated heterocycles. The van der Waals surface area contributed by atoms with Crippen LogP contribution < -0.4 is 9.44 Å². The normalized spacial score (nSPS) is 12.8. The van der Waals surface area contributed by atoms with Crippen molar-refractivity contribution < 1.29 is 16.8 Å². The Bertz CT molecular complexity index is 595. The Morgan fingerprint density at radius 1 is 1.33 bits per heavy atom. The topological polar surface area (TPSA) is 105 Å². The van der Waals surface area contributed by atoms with Crippen molar-refractivity contribution in [1.29, 1.82) is 0 Å². The van der Waals surface area contributed by atoms with E-state index in [1.807, 2.05) is 0 Å². The first-order valence-corrected chi connectivity index (χ1v) is 9.18. The van der Waals surface area contributed by atoms with E-state index in [9.17, 15) is 16.8 Å². The Labute approximate surface area is 115 Å². The lowest BCUT2D eigenvalue weighted by atomic mass is 10.8. The molecule has 0 aliphatic heterocycles. The lowest BCUT2D eigenvalue weighted by Gasteiger charge is -2.05. The van der Waals surface area contributed by atoms with Crippen LogP contribution in [0.1, 0.15) is 6.92 Å². The monoisotopic (exact) mass is 333 g/mol. The maximum Gasteiger partial charge on any atom is 0.251 e. The fourth-order valence-corrected chi connectivity index (χ4v) is 4.49. The first kappa shape index (κ1) is 15.8. The van der Waals surface area contributed by atoms with Crippen molar-refractivity contribution in [2.45, 2.75) is 11.1 Å². The molecule has 7 nitrogen and oxygen atoms in total. The maximum absolute atomic E-state index is 11.7. The standard InChI is InChI=1S/C7H12ClN3O4S3/c1-2-10-17(12,13)4-3-11-18(14,15)6-5-9-7(8)16-6/h5,10-11H,2-4H2,1H3. The highest BCUT2D eigenvalue weighted by atomic mass is 35.5. The van der Waals surface area contributed by atoms with Gasteiger partial charge in [0, 0.05) is 13.1 Å². The molecule has 0 fully saturated rings. The van der Waals surface area contributed by atoms with E-state index in [2.05, 4.69) is 14.4 Å². The quantitative estimate of drug-likeness (QED) is 0.731. The fraction of sp³-hybridized carbons (Fsp3) is 0.571. The van der Waals surface area contributed by atoms with E-state index >= 15 is 0 Å². The van der Waals surface area contributed by atoms with E-state index in [0.717, 1.165) is 17.5 Å². The van der Waals surface area contributed by atoms with Crippen LogP contribution in [0.2, 0.25) is 4.47 Å². The minimum atomic E-state index is -3.75. The third kappa shape index (κ3) is 4.78. The van der Waals surface area contributed by atoms with E-state index in [4.69, 9.17) is 11.6 Å². The van der Waals surface area contributed by atoms with Crippen LogP contribution in [0.5, 0.6) is 0 Å². The fourth-order valence-electron chi connectivity index (χ4n) is 1.04. The summed E-state index contributed by atoms with van der Waals surface area (Å²) in [5, 5.41) is 0. The Hall–Kier alpha value is -0.260. The highest BCUT2D eigenvalue weighted by molar-refractivity contribution is 7.92. The molecule has 0 bridgehead atoms. The van der Waals surface area contributed by atoms with Gasteiger partial charge in [-0.05, 0) is 0 Å². The maximum atomic E-state index is 11.7. The molecule has 0 aliphatic carbocycles. The van der Waals surface area contributed by atoms with Gasteiger partial charge in [0.05, 0.1) is 11.9 Å². The molecule has 2 N–H and O–H groups in total. The second kappa shape index (κ2) is 6.26. The number of sulfonamides is 2. The lowest BCUT2D eigenvalue weighted by Crippen LogP contribution is -2.34. The highest BCUT2D eigenvalue weighted by Crippen LogP contribution is 2.21. The van der Waals surface area contributed by atoms with Crippen molar-refractivity contribution in [2.75, 3.05) is 18.8 Å². The Kier molecular flexibility index (Phi) is 5.49. The number of halogens is 1. The van der Waals surface area contributed by atoms with Gasteiger partial charge in [-0.25, -0.2) is 31.3 Å². The largest absolute Gasteiger partial charge is 0.251 e. The SMILES string of the molecule is CCNS(=O)(=O)CCNS(=O)(=O)c1cnc(Cl)s1. The number of thiazole rings is 1. The Balaban J connectivity index is 2.59. The molecular weight excluding hydrogens is 322 g/mol. The van der Waals surface area contributed by atoms with Gasteiger partial charge in [-0.15, -0.1) is 0 Å². The van der Waals surface area contributed by atoms with Crippen molar-refractivity contribution >= 4 is 43.0 Å². The summed E-state index contributed by atoms with van der Waals surface area (Å²) >= 11 is 6.33. The number of rotatable bonds is 7. The molecule has 18 heavy (non-hydrogen) atoms. The third-order valence-electron chi connectivity index (χ3n) is 1.75. The summed E-state index contributed by atoms with van der Waals surface area (Å²) in [6.07, 6.45) is 1.12. The molecule has 0 aromatic carbocycles. The second-order valence-corrected chi connectivity index (χ2v) is 8.68. The van der Waals surface area contributed by atoms with E-state index in [-0.39, 0.29) is 27.5 Å². The number of nitrogens with one attached hydrogen (secondary N) is 2. The number of nitrogens with zero attached hydrogens (tertiary/aromatic N) is 1. The van der Waals surface area contributed by atoms with Gasteiger partial charge in [0.2, 0.25) is 10.0 Å². The Morgan fingerprint density at radius 2 is 2.00 bits per heavy atom. The number of hydrogen-bond acceptors (Lipinski definition) is 6. The van der Waals surface area contributed by atoms with E-state index in [1.54, 1.807) is 6.92 Å². The summed E-state index contributed by atoms with van der Waals surface area (Å²) in [6, 6.07) is 0. The summed E-state index contributed by atoms with van der Waals surface area (Å²) in [6.45, 7) is 1.69. The van der Waals surface area contributed by atoms with E-state index in [1.165, 1.54) is 0 Å². The molecule has 1 rings (SSSR count). The number of aromatic nitrogens is 1. The van der Waals surface area contributed by atoms with Crippen LogP contribution in [0, 0.1) is 0 Å². The molecule has 0 saturated carbocycles. The second-order valence-electron chi connectivity index (χ2n) is 3.15. The molecule has 0 amide bonds. The summed E-state index contributed by atoms with van der Waals surface area (Å²) in [4.78, 5) is 3.60. The van der Waals surface area contributed by atoms with Crippen LogP contribution in [-0.4, -0.2) is 40.7 Å². The predicted octanol–water partition coefficient (Wildman–Crippen LogP) is 0.0141.